The van der Waals surface area contributed by atoms with Crippen LogP contribution in [0.3, 0.4) is 0 Å². The Morgan fingerprint density at radius 3 is 2.29 bits per heavy atom. The highest BCUT2D eigenvalue weighted by Crippen LogP contribution is 2.26. The van der Waals surface area contributed by atoms with Gasteiger partial charge in [-0.1, -0.05) is 18.2 Å². The summed E-state index contributed by atoms with van der Waals surface area (Å²) in [5.74, 6) is -1.27. The molecule has 2 aromatic carbocycles. The second-order valence-corrected chi connectivity index (χ2v) is 8.68. The van der Waals surface area contributed by atoms with E-state index in [4.69, 9.17) is 0 Å². The summed E-state index contributed by atoms with van der Waals surface area (Å²) >= 11 is 1.50. The number of carbonyl (C=O) groups is 2. The zero-order chi connectivity index (χ0) is 21.8. The summed E-state index contributed by atoms with van der Waals surface area (Å²) in [4.78, 5) is 29.7. The van der Waals surface area contributed by atoms with Gasteiger partial charge in [0.1, 0.15) is 0 Å². The van der Waals surface area contributed by atoms with Gasteiger partial charge in [-0.2, -0.15) is 0 Å². The van der Waals surface area contributed by atoms with Crippen molar-refractivity contribution in [2.75, 3.05) is 41.3 Å². The molecule has 1 aromatic heterocycles. The molecule has 1 aliphatic rings. The van der Waals surface area contributed by atoms with Crippen LogP contribution in [-0.4, -0.2) is 43.2 Å². The Balaban J connectivity index is 1.44. The average molecular weight is 436 g/mol. The number of carbonyl (C=O) groups excluding carboxylic acids is 1. The van der Waals surface area contributed by atoms with Gasteiger partial charge in [0.15, 0.2) is 0 Å². The van der Waals surface area contributed by atoms with Crippen LogP contribution in [0.4, 0.5) is 17.1 Å². The average Bonchev–Trinajstić information content (AvgIpc) is 3.27. The topological polar surface area (TPSA) is 72.9 Å². The molecular formula is C24H25N3O3S. The molecule has 0 radical (unpaired) electrons. The highest BCUT2D eigenvalue weighted by atomic mass is 32.1. The quantitative estimate of drug-likeness (QED) is 0.605. The van der Waals surface area contributed by atoms with Crippen LogP contribution in [0.5, 0.6) is 0 Å². The fourth-order valence-electron chi connectivity index (χ4n) is 3.83. The minimum Gasteiger partial charge on any atom is -0.478 e. The maximum absolute atomic E-state index is 12.3. The van der Waals surface area contributed by atoms with Crippen LogP contribution in [0.2, 0.25) is 0 Å². The number of amides is 1. The number of nitrogens with zero attached hydrogens (tertiary/aromatic N) is 2. The highest BCUT2D eigenvalue weighted by molar-refractivity contribution is 7.10. The molecule has 7 heteroatoms. The van der Waals surface area contributed by atoms with Crippen molar-refractivity contribution in [2.45, 2.75) is 13.3 Å². The first-order chi connectivity index (χ1) is 15.0. The second-order valence-electron chi connectivity index (χ2n) is 7.65. The van der Waals surface area contributed by atoms with Crippen molar-refractivity contribution in [1.82, 2.24) is 0 Å². The fourth-order valence-corrected chi connectivity index (χ4v) is 4.53. The molecule has 4 rings (SSSR count). The van der Waals surface area contributed by atoms with E-state index in [0.29, 0.717) is 5.69 Å². The van der Waals surface area contributed by atoms with E-state index in [1.165, 1.54) is 22.6 Å². The van der Waals surface area contributed by atoms with Crippen LogP contribution < -0.4 is 15.1 Å². The van der Waals surface area contributed by atoms with Gasteiger partial charge in [0, 0.05) is 42.4 Å². The Bertz CT molecular complexity index is 1070. The first-order valence-corrected chi connectivity index (χ1v) is 11.1. The van der Waals surface area contributed by atoms with Gasteiger partial charge in [0.2, 0.25) is 5.91 Å². The van der Waals surface area contributed by atoms with Crippen molar-refractivity contribution in [3.8, 4) is 0 Å². The lowest BCUT2D eigenvalue weighted by atomic mass is 10.1. The van der Waals surface area contributed by atoms with Crippen LogP contribution in [-0.2, 0) is 11.2 Å². The standard InChI is InChI=1S/C24H25N3O3S/c1-17-4-2-5-18(14-17)26-9-11-27(12-10-26)19-7-8-22(21(15-19)24(29)30)25-23(28)16-20-6-3-13-31-20/h2-8,13-15H,9-12,16H2,1H3,(H,25,28)(H,29,30). The molecule has 6 nitrogen and oxygen atoms in total. The molecule has 0 bridgehead atoms. The molecule has 31 heavy (non-hydrogen) atoms. The number of nitrogens with one attached hydrogen (secondary N) is 1. The van der Waals surface area contributed by atoms with Crippen LogP contribution in [0.1, 0.15) is 20.8 Å². The lowest BCUT2D eigenvalue weighted by Crippen LogP contribution is -2.46. The molecule has 3 aromatic rings. The smallest absolute Gasteiger partial charge is 0.337 e. The van der Waals surface area contributed by atoms with Crippen LogP contribution >= 0.6 is 11.3 Å². The molecule has 0 saturated carbocycles. The summed E-state index contributed by atoms with van der Waals surface area (Å²) in [6, 6.07) is 17.5. The van der Waals surface area contributed by atoms with Gasteiger partial charge in [-0.25, -0.2) is 4.79 Å². The number of hydrogen-bond donors (Lipinski definition) is 2. The molecule has 2 heterocycles. The number of piperazine rings is 1. The number of hydrogen-bond acceptors (Lipinski definition) is 5. The van der Waals surface area contributed by atoms with E-state index in [1.807, 2.05) is 23.6 Å². The third kappa shape index (κ3) is 5.06. The maximum Gasteiger partial charge on any atom is 0.337 e. The second kappa shape index (κ2) is 9.22. The van der Waals surface area contributed by atoms with E-state index < -0.39 is 5.97 Å². The Labute approximate surface area is 185 Å². The zero-order valence-electron chi connectivity index (χ0n) is 17.4. The molecule has 160 valence electrons. The molecule has 0 unspecified atom stereocenters. The first kappa shape index (κ1) is 20.9. The number of benzene rings is 2. The van der Waals surface area contributed by atoms with E-state index in [0.717, 1.165) is 36.7 Å². The summed E-state index contributed by atoms with van der Waals surface area (Å²) < 4.78 is 0. The number of aryl methyl sites for hydroxylation is 1. The van der Waals surface area contributed by atoms with E-state index in [2.05, 4.69) is 46.3 Å². The molecule has 1 aliphatic heterocycles. The number of rotatable bonds is 6. The van der Waals surface area contributed by atoms with Gasteiger partial charge >= 0.3 is 5.97 Å². The van der Waals surface area contributed by atoms with Crippen molar-refractivity contribution in [1.29, 1.82) is 0 Å². The van der Waals surface area contributed by atoms with Crippen molar-refractivity contribution in [3.63, 3.8) is 0 Å². The predicted molar refractivity (Wildman–Crippen MR) is 126 cm³/mol. The Morgan fingerprint density at radius 1 is 0.968 bits per heavy atom. The number of aromatic carboxylic acids is 1. The molecule has 2 N–H and O–H groups in total. The molecule has 1 saturated heterocycles. The van der Waals surface area contributed by atoms with Crippen molar-refractivity contribution < 1.29 is 14.7 Å². The summed E-state index contributed by atoms with van der Waals surface area (Å²) in [5.41, 5.74) is 3.75. The summed E-state index contributed by atoms with van der Waals surface area (Å²) in [7, 11) is 0. The Hall–Kier alpha value is -3.32. The summed E-state index contributed by atoms with van der Waals surface area (Å²) in [6.07, 6.45) is 0.236. The SMILES string of the molecule is Cc1cccc(N2CCN(c3ccc(NC(=O)Cc4cccs4)c(C(=O)O)c3)CC2)c1. The van der Waals surface area contributed by atoms with Gasteiger partial charge in [-0.05, 0) is 54.3 Å². The number of anilines is 3. The van der Waals surface area contributed by atoms with Gasteiger partial charge in [0.05, 0.1) is 17.7 Å². The molecule has 1 amide bonds. The minimum absolute atomic E-state index is 0.109. The number of carboxylic acids is 1. The molecule has 0 aliphatic carbocycles. The third-order valence-corrected chi connectivity index (χ3v) is 6.31. The number of thiophene rings is 1. The van der Waals surface area contributed by atoms with Gasteiger partial charge < -0.3 is 20.2 Å². The summed E-state index contributed by atoms with van der Waals surface area (Å²) in [5, 5.41) is 14.4. The molecule has 0 atom stereocenters. The summed E-state index contributed by atoms with van der Waals surface area (Å²) in [6.45, 7) is 5.43. The van der Waals surface area contributed by atoms with Crippen LogP contribution in [0.25, 0.3) is 0 Å². The van der Waals surface area contributed by atoms with Gasteiger partial charge in [-0.3, -0.25) is 4.79 Å². The molecular weight excluding hydrogens is 410 g/mol. The Kier molecular flexibility index (Phi) is 6.23. The van der Waals surface area contributed by atoms with E-state index in [9.17, 15) is 14.7 Å². The molecule has 0 spiro atoms. The lowest BCUT2D eigenvalue weighted by Gasteiger charge is -2.37. The Morgan fingerprint density at radius 2 is 1.68 bits per heavy atom. The normalized spacial score (nSPS) is 13.8. The fraction of sp³-hybridized carbons (Fsp3) is 0.250. The number of carboxylic acid groups (broad SMARTS) is 1. The molecule has 1 fully saturated rings. The van der Waals surface area contributed by atoms with E-state index in [-0.39, 0.29) is 17.9 Å². The van der Waals surface area contributed by atoms with Crippen molar-refractivity contribution in [3.05, 3.63) is 76.0 Å². The van der Waals surface area contributed by atoms with E-state index >= 15 is 0 Å². The highest BCUT2D eigenvalue weighted by Gasteiger charge is 2.20. The lowest BCUT2D eigenvalue weighted by molar-refractivity contribution is -0.115. The minimum atomic E-state index is -1.05. The maximum atomic E-state index is 12.3. The largest absolute Gasteiger partial charge is 0.478 e. The van der Waals surface area contributed by atoms with Crippen molar-refractivity contribution >= 4 is 40.3 Å². The van der Waals surface area contributed by atoms with Crippen LogP contribution in [0.15, 0.2) is 60.0 Å². The van der Waals surface area contributed by atoms with Crippen molar-refractivity contribution in [2.24, 2.45) is 0 Å². The van der Waals surface area contributed by atoms with Crippen LogP contribution in [0, 0.1) is 6.92 Å². The zero-order valence-corrected chi connectivity index (χ0v) is 18.2. The van der Waals surface area contributed by atoms with Gasteiger partial charge in [-0.15, -0.1) is 11.3 Å². The monoisotopic (exact) mass is 435 g/mol. The van der Waals surface area contributed by atoms with Gasteiger partial charge in [0.25, 0.3) is 0 Å². The first-order valence-electron chi connectivity index (χ1n) is 10.3. The van der Waals surface area contributed by atoms with E-state index in [1.54, 1.807) is 12.1 Å². The third-order valence-electron chi connectivity index (χ3n) is 5.43. The predicted octanol–water partition coefficient (Wildman–Crippen LogP) is 4.26.